The highest BCUT2D eigenvalue weighted by molar-refractivity contribution is 5.94. The van der Waals surface area contributed by atoms with Crippen LogP contribution >= 0.6 is 0 Å². The number of halogens is 1. The number of H-pyrrole nitrogens is 2. The first-order valence-electron chi connectivity index (χ1n) is 10.6. The van der Waals surface area contributed by atoms with Gasteiger partial charge in [-0.25, -0.2) is 9.37 Å². The van der Waals surface area contributed by atoms with Crippen LogP contribution in [0.5, 0.6) is 0 Å². The highest BCUT2D eigenvalue weighted by Crippen LogP contribution is 2.34. The van der Waals surface area contributed by atoms with Crippen molar-refractivity contribution in [3.8, 4) is 22.5 Å². The molecule has 5 rings (SSSR count). The van der Waals surface area contributed by atoms with Crippen LogP contribution in [0.15, 0.2) is 79.8 Å². The number of benzene rings is 1. The van der Waals surface area contributed by atoms with E-state index in [-0.39, 0.29) is 5.82 Å². The molecule has 0 atom stereocenters. The summed E-state index contributed by atoms with van der Waals surface area (Å²) in [6.07, 6.45) is 9.14. The molecule has 0 radical (unpaired) electrons. The van der Waals surface area contributed by atoms with Crippen LogP contribution in [-0.4, -0.2) is 25.1 Å². The van der Waals surface area contributed by atoms with Gasteiger partial charge < -0.3 is 4.98 Å². The lowest BCUT2D eigenvalue weighted by molar-refractivity contribution is 0.627. The number of fused-ring (bicyclic) bond motifs is 1. The Hall–Kier alpha value is -4.32. The smallest absolute Gasteiger partial charge is 0.155 e. The summed E-state index contributed by atoms with van der Waals surface area (Å²) in [5.41, 5.74) is 9.36. The fraction of sp³-hybridized carbons (Fsp3) is 0.0741. The predicted molar refractivity (Wildman–Crippen MR) is 130 cm³/mol. The Morgan fingerprint density at radius 3 is 2.64 bits per heavy atom. The van der Waals surface area contributed by atoms with Gasteiger partial charge in [0.25, 0.3) is 0 Å². The molecular weight excluding hydrogens is 413 g/mol. The minimum absolute atomic E-state index is 0.265. The van der Waals surface area contributed by atoms with Gasteiger partial charge in [-0.05, 0) is 60.9 Å². The third-order valence-corrected chi connectivity index (χ3v) is 5.77. The van der Waals surface area contributed by atoms with Crippen LogP contribution in [0, 0.1) is 19.7 Å². The normalized spacial score (nSPS) is 11.8. The first-order chi connectivity index (χ1) is 16.0. The van der Waals surface area contributed by atoms with E-state index in [0.29, 0.717) is 5.65 Å². The molecule has 4 aromatic heterocycles. The lowest BCUT2D eigenvalue weighted by Gasteiger charge is -2.07. The van der Waals surface area contributed by atoms with Crippen LogP contribution in [0.4, 0.5) is 4.39 Å². The summed E-state index contributed by atoms with van der Waals surface area (Å²) in [5.74, 6) is -0.265. The van der Waals surface area contributed by atoms with Gasteiger partial charge in [-0.2, -0.15) is 5.10 Å². The molecule has 5 aromatic rings. The number of hydrogen-bond donors (Lipinski definition) is 2. The van der Waals surface area contributed by atoms with Gasteiger partial charge >= 0.3 is 0 Å². The van der Waals surface area contributed by atoms with Gasteiger partial charge in [-0.3, -0.25) is 10.1 Å². The summed E-state index contributed by atoms with van der Waals surface area (Å²) >= 11 is 0. The second-order valence-electron chi connectivity index (χ2n) is 7.93. The summed E-state index contributed by atoms with van der Waals surface area (Å²) < 4.78 is 13.5. The highest BCUT2D eigenvalue weighted by Gasteiger charge is 2.17. The maximum absolute atomic E-state index is 13.5. The van der Waals surface area contributed by atoms with Crippen LogP contribution in [0.1, 0.15) is 22.4 Å². The Bertz CT molecular complexity index is 1510. The number of nitrogens with one attached hydrogen (secondary N) is 2. The molecule has 0 aliphatic rings. The van der Waals surface area contributed by atoms with Crippen molar-refractivity contribution in [3.05, 3.63) is 108 Å². The molecule has 4 heterocycles. The van der Waals surface area contributed by atoms with Crippen molar-refractivity contribution in [2.75, 3.05) is 0 Å². The van der Waals surface area contributed by atoms with Gasteiger partial charge in [0, 0.05) is 46.4 Å². The van der Waals surface area contributed by atoms with E-state index in [4.69, 9.17) is 0 Å². The second kappa shape index (κ2) is 8.31. The highest BCUT2D eigenvalue weighted by atomic mass is 19.1. The zero-order chi connectivity index (χ0) is 22.9. The third-order valence-electron chi connectivity index (χ3n) is 5.77. The average Bonchev–Trinajstić information content (AvgIpc) is 3.41. The van der Waals surface area contributed by atoms with Crippen molar-refractivity contribution in [1.82, 2.24) is 25.1 Å². The maximum Gasteiger partial charge on any atom is 0.155 e. The quantitative estimate of drug-likeness (QED) is 0.314. The van der Waals surface area contributed by atoms with Crippen LogP contribution in [0.3, 0.4) is 0 Å². The number of aromatic amines is 2. The molecule has 1 aromatic carbocycles. The Morgan fingerprint density at radius 2 is 1.88 bits per heavy atom. The van der Waals surface area contributed by atoms with Crippen molar-refractivity contribution < 1.29 is 4.39 Å². The Labute approximate surface area is 190 Å². The number of rotatable bonds is 5. The number of allylic oxidation sites excluding steroid dienone is 2. The SMILES string of the molecule is C=C/C=C(/c1ccc(F)cc1)c1cc(-c2n[nH]c3ncc(-c4cnccc4C)cc23)[nH]c1C. The molecule has 0 aliphatic carbocycles. The van der Waals surface area contributed by atoms with E-state index in [9.17, 15) is 4.39 Å². The predicted octanol–water partition coefficient (Wildman–Crippen LogP) is 6.39. The minimum atomic E-state index is -0.265. The van der Waals surface area contributed by atoms with Gasteiger partial charge in [0.15, 0.2) is 5.65 Å². The maximum atomic E-state index is 13.5. The van der Waals surface area contributed by atoms with Crippen molar-refractivity contribution in [3.63, 3.8) is 0 Å². The Balaban J connectivity index is 1.61. The van der Waals surface area contributed by atoms with E-state index >= 15 is 0 Å². The number of aromatic nitrogens is 5. The van der Waals surface area contributed by atoms with Crippen LogP contribution in [-0.2, 0) is 0 Å². The number of pyridine rings is 2. The Kier molecular flexibility index (Phi) is 5.18. The molecule has 0 unspecified atom stereocenters. The molecule has 5 nitrogen and oxygen atoms in total. The largest absolute Gasteiger partial charge is 0.357 e. The van der Waals surface area contributed by atoms with Crippen molar-refractivity contribution in [1.29, 1.82) is 0 Å². The van der Waals surface area contributed by atoms with Gasteiger partial charge in [0.2, 0.25) is 0 Å². The fourth-order valence-electron chi connectivity index (χ4n) is 4.08. The van der Waals surface area contributed by atoms with E-state index in [2.05, 4.69) is 50.8 Å². The van der Waals surface area contributed by atoms with Crippen molar-refractivity contribution in [2.24, 2.45) is 0 Å². The van der Waals surface area contributed by atoms with E-state index in [1.54, 1.807) is 24.4 Å². The van der Waals surface area contributed by atoms with Gasteiger partial charge in [-0.15, -0.1) is 0 Å². The summed E-state index contributed by atoms with van der Waals surface area (Å²) in [6, 6.07) is 12.6. The third kappa shape index (κ3) is 3.76. The van der Waals surface area contributed by atoms with E-state index in [0.717, 1.165) is 55.9 Å². The van der Waals surface area contributed by atoms with Crippen molar-refractivity contribution in [2.45, 2.75) is 13.8 Å². The summed E-state index contributed by atoms with van der Waals surface area (Å²) in [6.45, 7) is 7.92. The number of aryl methyl sites for hydroxylation is 2. The molecule has 0 saturated heterocycles. The molecule has 0 aliphatic heterocycles. The molecule has 6 heteroatoms. The minimum Gasteiger partial charge on any atom is -0.357 e. The molecular formula is C27H22FN5. The number of nitrogens with zero attached hydrogens (tertiary/aromatic N) is 3. The van der Waals surface area contributed by atoms with Crippen LogP contribution in [0.25, 0.3) is 39.1 Å². The van der Waals surface area contributed by atoms with E-state index < -0.39 is 0 Å². The molecule has 2 N–H and O–H groups in total. The molecule has 33 heavy (non-hydrogen) atoms. The molecule has 0 fully saturated rings. The number of hydrogen-bond acceptors (Lipinski definition) is 3. The first-order valence-corrected chi connectivity index (χ1v) is 10.6. The molecule has 162 valence electrons. The van der Waals surface area contributed by atoms with E-state index in [1.807, 2.05) is 31.5 Å². The summed E-state index contributed by atoms with van der Waals surface area (Å²) in [4.78, 5) is 12.3. The van der Waals surface area contributed by atoms with Crippen LogP contribution in [0.2, 0.25) is 0 Å². The lowest BCUT2D eigenvalue weighted by Crippen LogP contribution is -1.89. The van der Waals surface area contributed by atoms with Gasteiger partial charge in [0.05, 0.1) is 5.69 Å². The zero-order valence-corrected chi connectivity index (χ0v) is 18.4. The van der Waals surface area contributed by atoms with Crippen molar-refractivity contribution >= 4 is 16.6 Å². The van der Waals surface area contributed by atoms with Gasteiger partial charge in [-0.1, -0.05) is 30.9 Å². The molecule has 0 amide bonds. The molecule has 0 saturated carbocycles. The standard InChI is InChI=1S/C27H22FN5/c1-4-5-21(18-6-8-20(28)9-7-18)22-13-25(31-17(22)3)26-23-12-19(14-30-27(23)33-32-26)24-15-29-11-10-16(24)2/h4-15,31H,1H2,2-3H3,(H,30,32,33)/b21-5-. The lowest BCUT2D eigenvalue weighted by atomic mass is 9.97. The summed E-state index contributed by atoms with van der Waals surface area (Å²) in [5, 5.41) is 8.49. The second-order valence-corrected chi connectivity index (χ2v) is 7.93. The molecule has 0 bridgehead atoms. The first kappa shape index (κ1) is 20.6. The van der Waals surface area contributed by atoms with E-state index in [1.165, 1.54) is 12.1 Å². The topological polar surface area (TPSA) is 70.2 Å². The monoisotopic (exact) mass is 435 g/mol. The zero-order valence-electron chi connectivity index (χ0n) is 18.4. The Morgan fingerprint density at radius 1 is 1.06 bits per heavy atom. The molecule has 0 spiro atoms. The summed E-state index contributed by atoms with van der Waals surface area (Å²) in [7, 11) is 0. The fourth-order valence-corrected chi connectivity index (χ4v) is 4.08. The van der Waals surface area contributed by atoms with Crippen LogP contribution < -0.4 is 0 Å². The van der Waals surface area contributed by atoms with Gasteiger partial charge in [0.1, 0.15) is 11.5 Å². The average molecular weight is 436 g/mol.